The van der Waals surface area contributed by atoms with Crippen LogP contribution in [-0.2, 0) is 11.3 Å². The van der Waals surface area contributed by atoms with Crippen LogP contribution in [0.2, 0.25) is 5.02 Å². The van der Waals surface area contributed by atoms with Gasteiger partial charge in [-0.05, 0) is 33.3 Å². The SMILES string of the molecule is CCN(CC(=O)NC(C)(C)C)c1cnn(Cc2ccccc2)c(=O)c1Cl. The molecule has 0 bridgehead atoms. The molecule has 0 unspecified atom stereocenters. The smallest absolute Gasteiger partial charge is 0.287 e. The molecule has 0 aliphatic carbocycles. The predicted molar refractivity (Wildman–Crippen MR) is 105 cm³/mol. The third-order valence-corrected chi connectivity index (χ3v) is 4.07. The van der Waals surface area contributed by atoms with Crippen molar-refractivity contribution in [3.05, 3.63) is 57.5 Å². The van der Waals surface area contributed by atoms with Gasteiger partial charge in [-0.3, -0.25) is 9.59 Å². The highest BCUT2D eigenvalue weighted by molar-refractivity contribution is 6.33. The molecule has 140 valence electrons. The van der Waals surface area contributed by atoms with E-state index in [2.05, 4.69) is 10.4 Å². The first-order valence-electron chi connectivity index (χ1n) is 8.56. The zero-order valence-electron chi connectivity index (χ0n) is 15.6. The lowest BCUT2D eigenvalue weighted by atomic mass is 10.1. The minimum Gasteiger partial charge on any atom is -0.360 e. The summed E-state index contributed by atoms with van der Waals surface area (Å²) in [6, 6.07) is 9.57. The molecule has 0 atom stereocenters. The van der Waals surface area contributed by atoms with Gasteiger partial charge < -0.3 is 10.2 Å². The Morgan fingerprint density at radius 3 is 2.50 bits per heavy atom. The van der Waals surface area contributed by atoms with Gasteiger partial charge in [0.15, 0.2) is 0 Å². The Balaban J connectivity index is 2.22. The van der Waals surface area contributed by atoms with Crippen molar-refractivity contribution in [2.45, 2.75) is 39.8 Å². The van der Waals surface area contributed by atoms with Crippen LogP contribution < -0.4 is 15.8 Å². The number of benzene rings is 1. The average Bonchev–Trinajstić information content (AvgIpc) is 2.57. The molecular weight excluding hydrogens is 352 g/mol. The van der Waals surface area contributed by atoms with E-state index < -0.39 is 0 Å². The molecule has 0 fully saturated rings. The highest BCUT2D eigenvalue weighted by atomic mass is 35.5. The fourth-order valence-corrected chi connectivity index (χ4v) is 2.81. The average molecular weight is 377 g/mol. The lowest BCUT2D eigenvalue weighted by Crippen LogP contribution is -2.46. The number of carbonyl (C=O) groups excluding carboxylic acids is 1. The summed E-state index contributed by atoms with van der Waals surface area (Å²) >= 11 is 6.31. The molecule has 0 spiro atoms. The summed E-state index contributed by atoms with van der Waals surface area (Å²) in [6.45, 7) is 8.63. The zero-order chi connectivity index (χ0) is 19.3. The van der Waals surface area contributed by atoms with Crippen molar-refractivity contribution < 1.29 is 4.79 Å². The van der Waals surface area contributed by atoms with Crippen LogP contribution in [0.5, 0.6) is 0 Å². The van der Waals surface area contributed by atoms with Crippen molar-refractivity contribution in [1.82, 2.24) is 15.1 Å². The van der Waals surface area contributed by atoms with E-state index in [-0.39, 0.29) is 28.6 Å². The Labute approximate surface area is 158 Å². The van der Waals surface area contributed by atoms with Crippen LogP contribution in [0.15, 0.2) is 41.3 Å². The van der Waals surface area contributed by atoms with Crippen LogP contribution >= 0.6 is 11.6 Å². The minimum absolute atomic E-state index is 0.0707. The monoisotopic (exact) mass is 376 g/mol. The number of aromatic nitrogens is 2. The zero-order valence-corrected chi connectivity index (χ0v) is 16.4. The summed E-state index contributed by atoms with van der Waals surface area (Å²) < 4.78 is 1.32. The molecule has 26 heavy (non-hydrogen) atoms. The first-order chi connectivity index (χ1) is 12.2. The maximum absolute atomic E-state index is 12.6. The summed E-state index contributed by atoms with van der Waals surface area (Å²) in [4.78, 5) is 26.5. The molecule has 0 saturated heterocycles. The number of hydrogen-bond donors (Lipinski definition) is 1. The number of amides is 1. The number of nitrogens with one attached hydrogen (secondary N) is 1. The molecule has 2 aromatic rings. The van der Waals surface area contributed by atoms with E-state index in [1.807, 2.05) is 58.0 Å². The van der Waals surface area contributed by atoms with Crippen LogP contribution in [0.4, 0.5) is 5.69 Å². The van der Waals surface area contributed by atoms with Gasteiger partial charge in [0.05, 0.1) is 25.0 Å². The van der Waals surface area contributed by atoms with E-state index in [1.165, 1.54) is 4.68 Å². The number of hydrogen-bond acceptors (Lipinski definition) is 4. The molecule has 0 aliphatic heterocycles. The first kappa shape index (κ1) is 20.0. The molecule has 0 aliphatic rings. The number of anilines is 1. The summed E-state index contributed by atoms with van der Waals surface area (Å²) in [5.41, 5.74) is 0.732. The summed E-state index contributed by atoms with van der Waals surface area (Å²) in [5, 5.41) is 7.21. The van der Waals surface area contributed by atoms with Gasteiger partial charge in [0.1, 0.15) is 5.02 Å². The molecule has 0 saturated carbocycles. The van der Waals surface area contributed by atoms with Gasteiger partial charge in [-0.2, -0.15) is 5.10 Å². The van der Waals surface area contributed by atoms with Gasteiger partial charge in [0, 0.05) is 12.1 Å². The van der Waals surface area contributed by atoms with Crippen molar-refractivity contribution in [2.75, 3.05) is 18.0 Å². The molecule has 6 nitrogen and oxygen atoms in total. The quantitative estimate of drug-likeness (QED) is 0.841. The second-order valence-corrected chi connectivity index (χ2v) is 7.48. The highest BCUT2D eigenvalue weighted by Gasteiger charge is 2.20. The summed E-state index contributed by atoms with van der Waals surface area (Å²) in [7, 11) is 0. The summed E-state index contributed by atoms with van der Waals surface area (Å²) in [5.74, 6) is -0.135. The Hall–Kier alpha value is -2.34. The number of rotatable bonds is 6. The van der Waals surface area contributed by atoms with Gasteiger partial charge >= 0.3 is 0 Å². The lowest BCUT2D eigenvalue weighted by Gasteiger charge is -2.26. The number of likely N-dealkylation sites (N-methyl/N-ethyl adjacent to an activating group) is 1. The second-order valence-electron chi connectivity index (χ2n) is 7.10. The van der Waals surface area contributed by atoms with Crippen LogP contribution in [0.1, 0.15) is 33.3 Å². The minimum atomic E-state index is -0.373. The Bertz CT molecular complexity index is 813. The molecule has 1 amide bonds. The molecule has 7 heteroatoms. The fourth-order valence-electron chi connectivity index (χ4n) is 2.54. The molecule has 1 aromatic carbocycles. The van der Waals surface area contributed by atoms with Crippen molar-refractivity contribution in [1.29, 1.82) is 0 Å². The van der Waals surface area contributed by atoms with Crippen LogP contribution in [0, 0.1) is 0 Å². The second kappa shape index (κ2) is 8.36. The Morgan fingerprint density at radius 1 is 1.27 bits per heavy atom. The fraction of sp³-hybridized carbons (Fsp3) is 0.421. The molecule has 1 aromatic heterocycles. The summed E-state index contributed by atoms with van der Waals surface area (Å²) in [6.07, 6.45) is 1.54. The normalized spacial score (nSPS) is 11.3. The van der Waals surface area contributed by atoms with Crippen molar-refractivity contribution in [3.63, 3.8) is 0 Å². The topological polar surface area (TPSA) is 67.2 Å². The molecule has 1 heterocycles. The Morgan fingerprint density at radius 2 is 1.92 bits per heavy atom. The van der Waals surface area contributed by atoms with E-state index in [1.54, 1.807) is 11.1 Å². The Kier molecular flexibility index (Phi) is 6.42. The van der Waals surface area contributed by atoms with Crippen molar-refractivity contribution in [2.24, 2.45) is 0 Å². The molecule has 2 rings (SSSR count). The standard InChI is InChI=1S/C19H25ClN4O2/c1-5-23(13-16(25)22-19(2,3)4)15-11-21-24(18(26)17(15)20)12-14-9-7-6-8-10-14/h6-11H,5,12-13H2,1-4H3,(H,22,25). The van der Waals surface area contributed by atoms with Crippen LogP contribution in [-0.4, -0.2) is 34.3 Å². The molecular formula is C19H25ClN4O2. The van der Waals surface area contributed by atoms with Gasteiger partial charge in [-0.15, -0.1) is 0 Å². The van der Waals surface area contributed by atoms with Crippen LogP contribution in [0.3, 0.4) is 0 Å². The maximum atomic E-state index is 12.6. The highest BCUT2D eigenvalue weighted by Crippen LogP contribution is 2.21. The van der Waals surface area contributed by atoms with Crippen LogP contribution in [0.25, 0.3) is 0 Å². The molecule has 0 radical (unpaired) electrons. The lowest BCUT2D eigenvalue weighted by molar-refractivity contribution is -0.121. The van der Waals surface area contributed by atoms with Gasteiger partial charge in [-0.25, -0.2) is 4.68 Å². The van der Waals surface area contributed by atoms with E-state index in [9.17, 15) is 9.59 Å². The van der Waals surface area contributed by atoms with E-state index >= 15 is 0 Å². The van der Waals surface area contributed by atoms with E-state index in [0.717, 1.165) is 5.56 Å². The first-order valence-corrected chi connectivity index (χ1v) is 8.94. The maximum Gasteiger partial charge on any atom is 0.287 e. The number of halogens is 1. The number of nitrogens with zero attached hydrogens (tertiary/aromatic N) is 3. The van der Waals surface area contributed by atoms with Crippen molar-refractivity contribution >= 4 is 23.2 Å². The van der Waals surface area contributed by atoms with Gasteiger partial charge in [0.2, 0.25) is 5.91 Å². The van der Waals surface area contributed by atoms with Gasteiger partial charge in [0.25, 0.3) is 5.56 Å². The van der Waals surface area contributed by atoms with E-state index in [0.29, 0.717) is 18.8 Å². The van der Waals surface area contributed by atoms with E-state index in [4.69, 9.17) is 11.6 Å². The largest absolute Gasteiger partial charge is 0.360 e. The number of carbonyl (C=O) groups is 1. The third-order valence-electron chi connectivity index (χ3n) is 3.71. The predicted octanol–water partition coefficient (Wildman–Crippen LogP) is 2.69. The van der Waals surface area contributed by atoms with Gasteiger partial charge in [-0.1, -0.05) is 41.9 Å². The molecule has 1 N–H and O–H groups in total. The van der Waals surface area contributed by atoms with Crippen molar-refractivity contribution in [3.8, 4) is 0 Å². The third kappa shape index (κ3) is 5.33.